The first-order valence-corrected chi connectivity index (χ1v) is 5.00. The minimum Gasteiger partial charge on any atom is -0.495 e. The summed E-state index contributed by atoms with van der Waals surface area (Å²) in [6.07, 6.45) is 0. The van der Waals surface area contributed by atoms with Crippen LogP contribution in [-0.4, -0.2) is 20.2 Å². The molecule has 1 heterocycles. The van der Waals surface area contributed by atoms with Gasteiger partial charge >= 0.3 is 0 Å². The number of benzene rings is 1. The average Bonchev–Trinajstić information content (AvgIpc) is 2.44. The van der Waals surface area contributed by atoms with Gasteiger partial charge in [-0.1, -0.05) is 11.6 Å². The first-order valence-electron chi connectivity index (χ1n) is 4.63. The molecule has 0 aromatic heterocycles. The van der Waals surface area contributed by atoms with Crippen LogP contribution in [0.2, 0.25) is 5.02 Å². The van der Waals surface area contributed by atoms with Crippen LogP contribution in [0.15, 0.2) is 12.1 Å². The number of rotatable bonds is 1. The van der Waals surface area contributed by atoms with Crippen LogP contribution in [0.4, 0.5) is 5.69 Å². The summed E-state index contributed by atoms with van der Waals surface area (Å²) < 4.78 is 5.27. The Morgan fingerprint density at radius 1 is 1.36 bits per heavy atom. The van der Waals surface area contributed by atoms with Crippen LogP contribution in [-0.2, 0) is 6.54 Å². The van der Waals surface area contributed by atoms with Crippen molar-refractivity contribution in [2.24, 2.45) is 0 Å². The standard InChI is InChI=1S/C10H13ClN2O/c1-14-9-3-2-8(11)7-6-12-4-5-13-10(7)9/h2-3,12-13H,4-6H2,1H3. The topological polar surface area (TPSA) is 33.3 Å². The fourth-order valence-corrected chi connectivity index (χ4v) is 1.85. The lowest BCUT2D eigenvalue weighted by atomic mass is 10.1. The van der Waals surface area contributed by atoms with Gasteiger partial charge in [0.1, 0.15) is 5.75 Å². The Bertz CT molecular complexity index is 341. The zero-order valence-electron chi connectivity index (χ0n) is 8.06. The van der Waals surface area contributed by atoms with E-state index in [1.807, 2.05) is 12.1 Å². The molecule has 0 radical (unpaired) electrons. The monoisotopic (exact) mass is 212 g/mol. The fraction of sp³-hybridized carbons (Fsp3) is 0.400. The van der Waals surface area contributed by atoms with Crippen LogP contribution in [0.5, 0.6) is 5.75 Å². The lowest BCUT2D eigenvalue weighted by Crippen LogP contribution is -2.17. The van der Waals surface area contributed by atoms with E-state index in [0.29, 0.717) is 0 Å². The third-order valence-corrected chi connectivity index (χ3v) is 2.70. The number of hydrogen-bond acceptors (Lipinski definition) is 3. The summed E-state index contributed by atoms with van der Waals surface area (Å²) >= 11 is 6.11. The largest absolute Gasteiger partial charge is 0.495 e. The second-order valence-electron chi connectivity index (χ2n) is 3.21. The predicted octanol–water partition coefficient (Wildman–Crippen LogP) is 1.86. The molecule has 0 saturated heterocycles. The van der Waals surface area contributed by atoms with Gasteiger partial charge in [-0.3, -0.25) is 0 Å². The van der Waals surface area contributed by atoms with E-state index in [0.717, 1.165) is 41.7 Å². The van der Waals surface area contributed by atoms with E-state index < -0.39 is 0 Å². The Morgan fingerprint density at radius 2 is 2.21 bits per heavy atom. The Morgan fingerprint density at radius 3 is 3.00 bits per heavy atom. The highest BCUT2D eigenvalue weighted by Crippen LogP contribution is 2.34. The lowest BCUT2D eigenvalue weighted by Gasteiger charge is -2.13. The molecule has 0 aliphatic carbocycles. The van der Waals surface area contributed by atoms with E-state index in [9.17, 15) is 0 Å². The minimum absolute atomic E-state index is 0.780. The van der Waals surface area contributed by atoms with Gasteiger partial charge in [-0.2, -0.15) is 0 Å². The van der Waals surface area contributed by atoms with Crippen molar-refractivity contribution in [3.63, 3.8) is 0 Å². The van der Waals surface area contributed by atoms with E-state index in [4.69, 9.17) is 16.3 Å². The third kappa shape index (κ3) is 1.65. The number of ether oxygens (including phenoxy) is 1. The Balaban J connectivity index is 2.49. The molecule has 1 aliphatic heterocycles. The van der Waals surface area contributed by atoms with E-state index in [2.05, 4.69) is 10.6 Å². The van der Waals surface area contributed by atoms with Crippen molar-refractivity contribution in [2.45, 2.75) is 6.54 Å². The number of anilines is 1. The Kier molecular flexibility index (Phi) is 2.79. The number of nitrogens with one attached hydrogen (secondary N) is 2. The van der Waals surface area contributed by atoms with Crippen molar-refractivity contribution in [1.29, 1.82) is 0 Å². The molecule has 0 amide bonds. The molecular weight excluding hydrogens is 200 g/mol. The van der Waals surface area contributed by atoms with Crippen LogP contribution in [0.3, 0.4) is 0 Å². The van der Waals surface area contributed by atoms with Gasteiger partial charge in [0, 0.05) is 30.2 Å². The third-order valence-electron chi connectivity index (χ3n) is 2.34. The van der Waals surface area contributed by atoms with Gasteiger partial charge in [0.05, 0.1) is 12.8 Å². The smallest absolute Gasteiger partial charge is 0.142 e. The second kappa shape index (κ2) is 4.07. The maximum atomic E-state index is 6.11. The molecule has 14 heavy (non-hydrogen) atoms. The molecule has 0 atom stereocenters. The maximum Gasteiger partial charge on any atom is 0.142 e. The molecule has 76 valence electrons. The van der Waals surface area contributed by atoms with Crippen molar-refractivity contribution < 1.29 is 4.74 Å². The predicted molar refractivity (Wildman–Crippen MR) is 58.2 cm³/mol. The minimum atomic E-state index is 0.780. The molecule has 0 spiro atoms. The normalized spacial score (nSPS) is 15.3. The highest BCUT2D eigenvalue weighted by molar-refractivity contribution is 6.31. The molecule has 0 fully saturated rings. The molecule has 1 aromatic carbocycles. The Labute approximate surface area is 88.4 Å². The molecule has 3 nitrogen and oxygen atoms in total. The molecule has 0 bridgehead atoms. The summed E-state index contributed by atoms with van der Waals surface area (Å²) in [6.45, 7) is 2.62. The average molecular weight is 213 g/mol. The van der Waals surface area contributed by atoms with Gasteiger partial charge < -0.3 is 15.4 Å². The van der Waals surface area contributed by atoms with Crippen molar-refractivity contribution in [3.8, 4) is 5.75 Å². The summed E-state index contributed by atoms with van der Waals surface area (Å²) in [4.78, 5) is 0. The van der Waals surface area contributed by atoms with Crippen LogP contribution < -0.4 is 15.4 Å². The number of hydrogen-bond donors (Lipinski definition) is 2. The highest BCUT2D eigenvalue weighted by Gasteiger charge is 2.14. The van der Waals surface area contributed by atoms with E-state index in [1.165, 1.54) is 0 Å². The quantitative estimate of drug-likeness (QED) is 0.746. The fourth-order valence-electron chi connectivity index (χ4n) is 1.63. The summed E-state index contributed by atoms with van der Waals surface area (Å²) in [5.74, 6) is 0.855. The zero-order chi connectivity index (χ0) is 9.97. The molecule has 2 N–H and O–H groups in total. The molecule has 4 heteroatoms. The molecule has 0 unspecified atom stereocenters. The Hall–Kier alpha value is -0.930. The summed E-state index contributed by atoms with van der Waals surface area (Å²) in [6, 6.07) is 3.76. The number of halogens is 1. The highest BCUT2D eigenvalue weighted by atomic mass is 35.5. The first-order chi connectivity index (χ1) is 6.83. The maximum absolute atomic E-state index is 6.11. The number of methoxy groups -OCH3 is 1. The van der Waals surface area contributed by atoms with Gasteiger partial charge in [0.25, 0.3) is 0 Å². The van der Waals surface area contributed by atoms with Crippen molar-refractivity contribution >= 4 is 17.3 Å². The van der Waals surface area contributed by atoms with E-state index in [1.54, 1.807) is 7.11 Å². The van der Waals surface area contributed by atoms with Crippen molar-refractivity contribution in [1.82, 2.24) is 5.32 Å². The van der Waals surface area contributed by atoms with E-state index >= 15 is 0 Å². The SMILES string of the molecule is COc1ccc(Cl)c2c1NCCNC2. The van der Waals surface area contributed by atoms with Gasteiger partial charge in [-0.05, 0) is 12.1 Å². The van der Waals surface area contributed by atoms with Crippen LogP contribution in [0, 0.1) is 0 Å². The molecule has 1 aliphatic rings. The second-order valence-corrected chi connectivity index (χ2v) is 3.61. The lowest BCUT2D eigenvalue weighted by molar-refractivity contribution is 0.416. The van der Waals surface area contributed by atoms with Crippen LogP contribution in [0.1, 0.15) is 5.56 Å². The summed E-state index contributed by atoms with van der Waals surface area (Å²) in [7, 11) is 1.67. The molecular formula is C10H13ClN2O. The molecule has 1 aromatic rings. The van der Waals surface area contributed by atoms with Gasteiger partial charge in [0.15, 0.2) is 0 Å². The van der Waals surface area contributed by atoms with Crippen LogP contribution >= 0.6 is 11.6 Å². The summed E-state index contributed by atoms with van der Waals surface area (Å²) in [5, 5.41) is 7.39. The molecule has 0 saturated carbocycles. The zero-order valence-corrected chi connectivity index (χ0v) is 8.82. The van der Waals surface area contributed by atoms with Crippen molar-refractivity contribution in [3.05, 3.63) is 22.7 Å². The first kappa shape index (κ1) is 9.62. The van der Waals surface area contributed by atoms with Gasteiger partial charge in [0.2, 0.25) is 0 Å². The van der Waals surface area contributed by atoms with Crippen LogP contribution in [0.25, 0.3) is 0 Å². The molecule has 2 rings (SSSR count). The van der Waals surface area contributed by atoms with E-state index in [-0.39, 0.29) is 0 Å². The van der Waals surface area contributed by atoms with Gasteiger partial charge in [-0.15, -0.1) is 0 Å². The summed E-state index contributed by atoms with van der Waals surface area (Å²) in [5.41, 5.74) is 2.11. The van der Waals surface area contributed by atoms with Crippen molar-refractivity contribution in [2.75, 3.05) is 25.5 Å². The number of fused-ring (bicyclic) bond motifs is 1. The van der Waals surface area contributed by atoms with Gasteiger partial charge in [-0.25, -0.2) is 0 Å².